The molecule has 51 heavy (non-hydrogen) atoms. The van der Waals surface area contributed by atoms with Crippen molar-refractivity contribution in [3.8, 4) is 12.1 Å². The van der Waals surface area contributed by atoms with Gasteiger partial charge in [-0.25, -0.2) is 22.0 Å². The highest BCUT2D eigenvalue weighted by Gasteiger charge is 2.27. The van der Waals surface area contributed by atoms with Crippen molar-refractivity contribution >= 4 is 107 Å². The molecule has 6 rings (SSSR count). The average molecular weight is 741 g/mol. The van der Waals surface area contributed by atoms with Gasteiger partial charge in [-0.15, -0.1) is 22.7 Å². The molecule has 0 aliphatic carbocycles. The van der Waals surface area contributed by atoms with Crippen molar-refractivity contribution in [1.29, 1.82) is 26.8 Å². The molecule has 252 valence electrons. The Morgan fingerprint density at radius 1 is 0.706 bits per heavy atom. The van der Waals surface area contributed by atoms with Gasteiger partial charge in [-0.05, 0) is 94.0 Å². The predicted octanol–water partition coefficient (Wildman–Crippen LogP) is 10.6. The van der Waals surface area contributed by atoms with E-state index >= 15 is 13.2 Å². The maximum absolute atomic E-state index is 15.7. The van der Waals surface area contributed by atoms with Crippen LogP contribution < -0.4 is 5.14 Å². The first-order valence-corrected chi connectivity index (χ1v) is 17.3. The zero-order valence-electron chi connectivity index (χ0n) is 26.1. The number of nitrogens with zero attached hydrogens (tertiary/aromatic N) is 2. The van der Waals surface area contributed by atoms with Crippen LogP contribution in [0.4, 0.5) is 22.0 Å². The monoisotopic (exact) mass is 740 g/mol. The molecular weight excluding hydrogens is 720 g/mol. The van der Waals surface area contributed by atoms with Gasteiger partial charge in [0.1, 0.15) is 18.0 Å². The van der Waals surface area contributed by atoms with Gasteiger partial charge in [0.15, 0.2) is 23.3 Å². The number of allylic oxidation sites excluding steroid dienone is 1. The Balaban J connectivity index is 1.43. The summed E-state index contributed by atoms with van der Waals surface area (Å²) < 4.78 is 77.0. The van der Waals surface area contributed by atoms with Crippen LogP contribution in [0.3, 0.4) is 0 Å². The van der Waals surface area contributed by atoms with Crippen LogP contribution in [-0.2, 0) is 6.42 Å². The largest absolute Gasteiger partial charge is 0.308 e. The number of rotatable bonds is 9. The van der Waals surface area contributed by atoms with E-state index in [-0.39, 0.29) is 33.6 Å². The SMILES string of the molecule is CCc1c(F)c(/C(C=N)=C/c2cc3cc4cc5sc(/C=C(\SN)c6c(F)c(F)c(C=N)c(F)c6C#N)cc5cc4cc3s2)c(C#N)c(F)c1C=N. The molecule has 5 N–H and O–H groups in total. The molecule has 0 aliphatic heterocycles. The molecule has 2 heterocycles. The highest BCUT2D eigenvalue weighted by molar-refractivity contribution is 8.06. The lowest BCUT2D eigenvalue weighted by Gasteiger charge is -2.14. The number of thiophene rings is 2. The van der Waals surface area contributed by atoms with Gasteiger partial charge in [0, 0.05) is 65.0 Å². The van der Waals surface area contributed by atoms with Gasteiger partial charge in [-0.1, -0.05) is 6.92 Å². The van der Waals surface area contributed by atoms with Gasteiger partial charge >= 0.3 is 0 Å². The molecule has 0 aliphatic rings. The second kappa shape index (κ2) is 14.0. The molecule has 6 nitrogen and oxygen atoms in total. The standard InChI is InChI=1S/C37H21F5N6S3/c1-2-23-24(12-44)33(38)25(13-45)31(35(23)40)20(11-43)7-21-5-18-3-16-9-29-19(4-17(16)8-28(18)49-21)6-22(50-29)10-30(51-48)32-26(14-46)34(39)27(15-47)36(41)37(32)42/h3-12,15,43-44,47H,2,48H2,1H3/b20-7+,30-10-,43-11?,44-12?,47-15?. The number of fused-ring (bicyclic) bond motifs is 3. The minimum absolute atomic E-state index is 0.000634. The quantitative estimate of drug-likeness (QED) is 0.0506. The average Bonchev–Trinajstić information content (AvgIpc) is 3.71. The van der Waals surface area contributed by atoms with E-state index in [2.05, 4.69) is 0 Å². The molecule has 6 aromatic rings. The van der Waals surface area contributed by atoms with Crippen molar-refractivity contribution < 1.29 is 22.0 Å². The predicted molar refractivity (Wildman–Crippen MR) is 198 cm³/mol. The molecule has 0 saturated carbocycles. The highest BCUT2D eigenvalue weighted by atomic mass is 32.2. The van der Waals surface area contributed by atoms with Crippen molar-refractivity contribution in [3.63, 3.8) is 0 Å². The molecule has 0 unspecified atom stereocenters. The van der Waals surface area contributed by atoms with Crippen molar-refractivity contribution in [2.24, 2.45) is 5.14 Å². The molecule has 14 heteroatoms. The summed E-state index contributed by atoms with van der Waals surface area (Å²) in [4.78, 5) is 1.12. The van der Waals surface area contributed by atoms with Gasteiger partial charge < -0.3 is 16.2 Å². The Bertz CT molecular complexity index is 2580. The van der Waals surface area contributed by atoms with Gasteiger partial charge in [0.25, 0.3) is 0 Å². The van der Waals surface area contributed by atoms with Crippen LogP contribution in [0.25, 0.3) is 53.6 Å². The van der Waals surface area contributed by atoms with Crippen LogP contribution in [-0.4, -0.2) is 18.6 Å². The number of nitrogens with two attached hydrogens (primary N) is 1. The zero-order chi connectivity index (χ0) is 36.7. The maximum atomic E-state index is 15.7. The second-order valence-corrected chi connectivity index (χ2v) is 13.9. The molecule has 0 atom stereocenters. The second-order valence-electron chi connectivity index (χ2n) is 11.0. The lowest BCUT2D eigenvalue weighted by molar-refractivity contribution is 0.490. The van der Waals surface area contributed by atoms with E-state index in [1.54, 1.807) is 25.1 Å². The summed E-state index contributed by atoms with van der Waals surface area (Å²) in [5.41, 5.74) is -3.61. The normalized spacial score (nSPS) is 12.0. The highest BCUT2D eigenvalue weighted by Crippen LogP contribution is 2.40. The Hall–Kier alpha value is -5.51. The molecular formula is C37H21F5N6S3. The van der Waals surface area contributed by atoms with Gasteiger partial charge in [0.2, 0.25) is 0 Å². The smallest absolute Gasteiger partial charge is 0.171 e. The topological polar surface area (TPSA) is 145 Å². The van der Waals surface area contributed by atoms with E-state index in [9.17, 15) is 19.3 Å². The van der Waals surface area contributed by atoms with Crippen molar-refractivity contribution in [3.05, 3.63) is 114 Å². The zero-order valence-corrected chi connectivity index (χ0v) is 28.6. The molecule has 0 radical (unpaired) electrons. The fourth-order valence-corrected chi connectivity index (χ4v) is 8.57. The molecule has 0 saturated heterocycles. The summed E-state index contributed by atoms with van der Waals surface area (Å²) in [5, 5.41) is 51.1. The van der Waals surface area contributed by atoms with Crippen molar-refractivity contribution in [2.75, 3.05) is 0 Å². The fraction of sp³-hybridized carbons (Fsp3) is 0.0541. The van der Waals surface area contributed by atoms with Crippen LogP contribution in [0.5, 0.6) is 0 Å². The van der Waals surface area contributed by atoms with Crippen LogP contribution >= 0.6 is 34.6 Å². The molecule has 2 aromatic heterocycles. The summed E-state index contributed by atoms with van der Waals surface area (Å²) in [7, 11) is 0. The number of nitrogens with one attached hydrogen (secondary N) is 3. The number of benzene rings is 4. The Kier molecular flexibility index (Phi) is 9.71. The fourth-order valence-electron chi connectivity index (χ4n) is 5.91. The molecule has 0 bridgehead atoms. The minimum atomic E-state index is -1.59. The Morgan fingerprint density at radius 3 is 1.73 bits per heavy atom. The Morgan fingerprint density at radius 2 is 1.24 bits per heavy atom. The van der Waals surface area contributed by atoms with E-state index in [4.69, 9.17) is 21.4 Å². The van der Waals surface area contributed by atoms with Crippen LogP contribution in [0.15, 0.2) is 36.4 Å². The van der Waals surface area contributed by atoms with E-state index in [1.807, 2.05) is 30.3 Å². The van der Waals surface area contributed by atoms with E-state index in [0.717, 1.165) is 37.2 Å². The summed E-state index contributed by atoms with van der Waals surface area (Å²) >= 11 is 3.17. The number of halogens is 5. The summed E-state index contributed by atoms with van der Waals surface area (Å²) in [6, 6.07) is 14.6. The molecule has 0 fully saturated rings. The summed E-state index contributed by atoms with van der Waals surface area (Å²) in [5.74, 6) is -6.29. The third-order valence-corrected chi connectivity index (χ3v) is 10.9. The minimum Gasteiger partial charge on any atom is -0.308 e. The Labute approximate surface area is 299 Å². The van der Waals surface area contributed by atoms with Crippen LogP contribution in [0.2, 0.25) is 0 Å². The van der Waals surface area contributed by atoms with Crippen LogP contribution in [0.1, 0.15) is 55.6 Å². The third-order valence-electron chi connectivity index (χ3n) is 8.27. The lowest BCUT2D eigenvalue weighted by Crippen LogP contribution is -2.09. The molecule has 0 amide bonds. The molecule has 4 aromatic carbocycles. The van der Waals surface area contributed by atoms with Gasteiger partial charge in [-0.2, -0.15) is 10.5 Å². The van der Waals surface area contributed by atoms with Gasteiger partial charge in [0.05, 0.1) is 16.7 Å². The number of hydrogen-bond donors (Lipinski definition) is 4. The van der Waals surface area contributed by atoms with E-state index in [0.29, 0.717) is 34.1 Å². The van der Waals surface area contributed by atoms with Crippen molar-refractivity contribution in [1.82, 2.24) is 0 Å². The van der Waals surface area contributed by atoms with Crippen LogP contribution in [0, 0.1) is 68.0 Å². The lowest BCUT2D eigenvalue weighted by atomic mass is 9.91. The van der Waals surface area contributed by atoms with E-state index in [1.165, 1.54) is 34.8 Å². The molecule has 0 spiro atoms. The summed E-state index contributed by atoms with van der Waals surface area (Å²) in [6.07, 6.45) is 4.89. The third kappa shape index (κ3) is 5.92. The first kappa shape index (κ1) is 35.3. The first-order chi connectivity index (χ1) is 24.5. The summed E-state index contributed by atoms with van der Waals surface area (Å²) in [6.45, 7) is 1.61. The number of hydrogen-bond acceptors (Lipinski definition) is 9. The van der Waals surface area contributed by atoms with Gasteiger partial charge in [-0.3, -0.25) is 5.14 Å². The maximum Gasteiger partial charge on any atom is 0.171 e. The van der Waals surface area contributed by atoms with E-state index < -0.39 is 51.3 Å². The first-order valence-electron chi connectivity index (χ1n) is 14.8. The van der Waals surface area contributed by atoms with Crippen molar-refractivity contribution in [2.45, 2.75) is 13.3 Å². The number of nitriles is 2.